The topological polar surface area (TPSA) is 69.1 Å². The monoisotopic (exact) mass is 230 g/mol. The number of carbonyl (C=O) groups is 1. The van der Waals surface area contributed by atoms with Crippen LogP contribution in [-0.2, 0) is 16.6 Å². The fourth-order valence-corrected chi connectivity index (χ4v) is 2.49. The van der Waals surface area contributed by atoms with E-state index in [1.165, 1.54) is 5.56 Å². The highest BCUT2D eigenvalue weighted by atomic mass is 16.1. The zero-order valence-electron chi connectivity index (χ0n) is 9.91. The third-order valence-electron chi connectivity index (χ3n) is 4.18. The summed E-state index contributed by atoms with van der Waals surface area (Å²) in [5.74, 6) is -0.192. The maximum absolute atomic E-state index is 11.4. The minimum Gasteiger partial charge on any atom is -0.369 e. The van der Waals surface area contributed by atoms with Crippen molar-refractivity contribution in [1.82, 2.24) is 0 Å². The van der Waals surface area contributed by atoms with Gasteiger partial charge in [0.1, 0.15) is 0 Å². The molecular weight excluding hydrogens is 212 g/mol. The van der Waals surface area contributed by atoms with Gasteiger partial charge in [-0.1, -0.05) is 24.3 Å². The summed E-state index contributed by atoms with van der Waals surface area (Å²) in [6.45, 7) is 0. The molecule has 0 aliphatic heterocycles. The highest BCUT2D eigenvalue weighted by Gasteiger charge is 2.49. The summed E-state index contributed by atoms with van der Waals surface area (Å²) in [7, 11) is 0. The van der Waals surface area contributed by atoms with Crippen LogP contribution < -0.4 is 11.5 Å². The predicted octanol–water partition coefficient (Wildman–Crippen LogP) is 1.24. The van der Waals surface area contributed by atoms with E-state index >= 15 is 0 Å². The molecule has 1 amide bonds. The van der Waals surface area contributed by atoms with Crippen molar-refractivity contribution < 1.29 is 4.79 Å². The fraction of sp³-hybridized carbons (Fsp3) is 0.500. The average Bonchev–Trinajstić information content (AvgIpc) is 3.17. The lowest BCUT2D eigenvalue weighted by atomic mass is 9.93. The Kier molecular flexibility index (Phi) is 2.11. The summed E-state index contributed by atoms with van der Waals surface area (Å²) in [5.41, 5.74) is 13.5. The van der Waals surface area contributed by atoms with Gasteiger partial charge in [-0.25, -0.2) is 0 Å². The van der Waals surface area contributed by atoms with Gasteiger partial charge >= 0.3 is 0 Å². The molecule has 3 nitrogen and oxygen atoms in total. The summed E-state index contributed by atoms with van der Waals surface area (Å²) in [6.07, 6.45) is 4.97. The van der Waals surface area contributed by atoms with Gasteiger partial charge in [0.15, 0.2) is 0 Å². The zero-order chi connectivity index (χ0) is 12.1. The SMILES string of the molecule is NC(=O)C1(c2ccc(CC3(N)CC3)cc2)CC1. The molecule has 2 fully saturated rings. The molecule has 0 bridgehead atoms. The first-order chi connectivity index (χ1) is 8.04. The lowest BCUT2D eigenvalue weighted by molar-refractivity contribution is -0.120. The molecule has 0 aromatic heterocycles. The van der Waals surface area contributed by atoms with Gasteiger partial charge in [0.05, 0.1) is 5.41 Å². The number of hydrogen-bond acceptors (Lipinski definition) is 2. The van der Waals surface area contributed by atoms with E-state index in [9.17, 15) is 4.79 Å². The van der Waals surface area contributed by atoms with Crippen molar-refractivity contribution in [2.75, 3.05) is 0 Å². The Hall–Kier alpha value is -1.35. The Morgan fingerprint density at radius 3 is 2.12 bits per heavy atom. The Morgan fingerprint density at radius 2 is 1.71 bits per heavy atom. The number of carbonyl (C=O) groups excluding carboxylic acids is 1. The van der Waals surface area contributed by atoms with Gasteiger partial charge in [0.25, 0.3) is 0 Å². The van der Waals surface area contributed by atoms with Crippen LogP contribution in [0.25, 0.3) is 0 Å². The molecule has 2 aliphatic carbocycles. The van der Waals surface area contributed by atoms with E-state index in [4.69, 9.17) is 11.5 Å². The molecule has 4 N–H and O–H groups in total. The quantitative estimate of drug-likeness (QED) is 0.817. The molecule has 3 heteroatoms. The third kappa shape index (κ3) is 1.84. The van der Waals surface area contributed by atoms with E-state index in [0.717, 1.165) is 37.7 Å². The standard InChI is InChI=1S/C14H18N2O/c15-12(17)14(7-8-14)11-3-1-10(2-4-11)9-13(16)5-6-13/h1-4H,5-9,16H2,(H2,15,17). The first-order valence-corrected chi connectivity index (χ1v) is 6.22. The van der Waals surface area contributed by atoms with Crippen molar-refractivity contribution in [2.45, 2.75) is 43.1 Å². The molecule has 0 atom stereocenters. The fourth-order valence-electron chi connectivity index (χ4n) is 2.49. The van der Waals surface area contributed by atoms with Crippen LogP contribution >= 0.6 is 0 Å². The van der Waals surface area contributed by atoms with Gasteiger partial charge in [-0.15, -0.1) is 0 Å². The van der Waals surface area contributed by atoms with Gasteiger partial charge in [-0.3, -0.25) is 4.79 Å². The molecule has 2 aliphatic rings. The van der Waals surface area contributed by atoms with Crippen LogP contribution in [-0.4, -0.2) is 11.4 Å². The molecule has 3 rings (SSSR count). The van der Waals surface area contributed by atoms with Crippen LogP contribution in [0.2, 0.25) is 0 Å². The molecule has 1 aromatic carbocycles. The number of rotatable bonds is 4. The van der Waals surface area contributed by atoms with E-state index in [0.29, 0.717) is 0 Å². The first kappa shape index (κ1) is 10.8. The summed E-state index contributed by atoms with van der Waals surface area (Å²) < 4.78 is 0. The van der Waals surface area contributed by atoms with E-state index in [-0.39, 0.29) is 16.9 Å². The Balaban J connectivity index is 1.78. The molecule has 0 heterocycles. The maximum Gasteiger partial charge on any atom is 0.228 e. The Bertz CT molecular complexity index is 456. The molecule has 0 saturated heterocycles. The van der Waals surface area contributed by atoms with Crippen LogP contribution in [0.15, 0.2) is 24.3 Å². The van der Waals surface area contributed by atoms with Crippen LogP contribution in [0.1, 0.15) is 36.8 Å². The molecule has 17 heavy (non-hydrogen) atoms. The minimum absolute atomic E-state index is 0.0441. The second-order valence-corrected chi connectivity index (χ2v) is 5.68. The summed E-state index contributed by atoms with van der Waals surface area (Å²) in [4.78, 5) is 11.4. The Labute approximate surface area is 101 Å². The smallest absolute Gasteiger partial charge is 0.228 e. The van der Waals surface area contributed by atoms with Crippen molar-refractivity contribution in [3.05, 3.63) is 35.4 Å². The van der Waals surface area contributed by atoms with Crippen LogP contribution in [0.5, 0.6) is 0 Å². The third-order valence-corrected chi connectivity index (χ3v) is 4.18. The molecule has 0 spiro atoms. The Morgan fingerprint density at radius 1 is 1.12 bits per heavy atom. The molecule has 1 aromatic rings. The van der Waals surface area contributed by atoms with Crippen molar-refractivity contribution in [1.29, 1.82) is 0 Å². The van der Waals surface area contributed by atoms with E-state index in [1.807, 2.05) is 12.1 Å². The molecule has 2 saturated carbocycles. The summed E-state index contributed by atoms with van der Waals surface area (Å²) in [6, 6.07) is 8.26. The van der Waals surface area contributed by atoms with E-state index in [1.54, 1.807) is 0 Å². The normalized spacial score (nSPS) is 23.1. The van der Waals surface area contributed by atoms with Crippen molar-refractivity contribution >= 4 is 5.91 Å². The maximum atomic E-state index is 11.4. The highest BCUT2D eigenvalue weighted by Crippen LogP contribution is 2.48. The van der Waals surface area contributed by atoms with E-state index in [2.05, 4.69) is 12.1 Å². The predicted molar refractivity (Wildman–Crippen MR) is 66.4 cm³/mol. The van der Waals surface area contributed by atoms with Gasteiger partial charge in [-0.2, -0.15) is 0 Å². The molecule has 90 valence electrons. The molecule has 0 radical (unpaired) electrons. The number of nitrogens with two attached hydrogens (primary N) is 2. The number of amides is 1. The molecule has 0 unspecified atom stereocenters. The van der Waals surface area contributed by atoms with Crippen LogP contribution in [0, 0.1) is 0 Å². The summed E-state index contributed by atoms with van der Waals surface area (Å²) in [5, 5.41) is 0. The van der Waals surface area contributed by atoms with Gasteiger partial charge in [0, 0.05) is 5.54 Å². The first-order valence-electron chi connectivity index (χ1n) is 6.22. The minimum atomic E-state index is -0.363. The van der Waals surface area contributed by atoms with Crippen LogP contribution in [0.4, 0.5) is 0 Å². The van der Waals surface area contributed by atoms with Gasteiger partial charge < -0.3 is 11.5 Å². The second-order valence-electron chi connectivity index (χ2n) is 5.68. The number of hydrogen-bond donors (Lipinski definition) is 2. The average molecular weight is 230 g/mol. The van der Waals surface area contributed by atoms with E-state index < -0.39 is 0 Å². The number of benzene rings is 1. The van der Waals surface area contributed by atoms with Crippen molar-refractivity contribution in [3.8, 4) is 0 Å². The summed E-state index contributed by atoms with van der Waals surface area (Å²) >= 11 is 0. The largest absolute Gasteiger partial charge is 0.369 e. The molecular formula is C14H18N2O. The highest BCUT2D eigenvalue weighted by molar-refractivity contribution is 5.89. The van der Waals surface area contributed by atoms with Gasteiger partial charge in [-0.05, 0) is 43.2 Å². The second kappa shape index (κ2) is 3.33. The van der Waals surface area contributed by atoms with Crippen LogP contribution in [0.3, 0.4) is 0 Å². The van der Waals surface area contributed by atoms with Crippen molar-refractivity contribution in [3.63, 3.8) is 0 Å². The zero-order valence-corrected chi connectivity index (χ0v) is 9.91. The van der Waals surface area contributed by atoms with Crippen molar-refractivity contribution in [2.24, 2.45) is 11.5 Å². The lowest BCUT2D eigenvalue weighted by Gasteiger charge is -2.13. The van der Waals surface area contributed by atoms with Gasteiger partial charge in [0.2, 0.25) is 5.91 Å². The number of primary amides is 1. The lowest BCUT2D eigenvalue weighted by Crippen LogP contribution is -2.28.